The molecule has 0 saturated carbocycles. The fourth-order valence-corrected chi connectivity index (χ4v) is 4.18. The molecule has 1 atom stereocenters. The Morgan fingerprint density at radius 2 is 1.69 bits per heavy atom. The minimum atomic E-state index is 0.205. The lowest BCUT2D eigenvalue weighted by Crippen LogP contribution is -2.48. The van der Waals surface area contributed by atoms with E-state index in [0.29, 0.717) is 6.54 Å². The molecule has 5 heteroatoms. The molecule has 0 spiro atoms. The Morgan fingerprint density at radius 1 is 1.00 bits per heavy atom. The second-order valence-corrected chi connectivity index (χ2v) is 7.65. The summed E-state index contributed by atoms with van der Waals surface area (Å²) >= 11 is 12.5. The summed E-state index contributed by atoms with van der Waals surface area (Å²) in [6.07, 6.45) is 6.30. The number of benzene rings is 2. The van der Waals surface area contributed by atoms with E-state index in [4.69, 9.17) is 34.4 Å². The predicted molar refractivity (Wildman–Crippen MR) is 106 cm³/mol. The number of hydrogen-bond acceptors (Lipinski definition) is 3. The van der Waals surface area contributed by atoms with Gasteiger partial charge in [0.05, 0.1) is 6.54 Å². The maximum Gasteiger partial charge on any atom is 0.132 e. The Morgan fingerprint density at radius 3 is 2.42 bits per heavy atom. The van der Waals surface area contributed by atoms with Gasteiger partial charge in [-0.05, 0) is 48.4 Å². The van der Waals surface area contributed by atoms with Gasteiger partial charge < -0.3 is 4.74 Å². The molecule has 0 aromatic heterocycles. The van der Waals surface area contributed by atoms with Crippen molar-refractivity contribution >= 4 is 23.2 Å². The molecule has 0 aliphatic carbocycles. The van der Waals surface area contributed by atoms with E-state index in [1.54, 1.807) is 0 Å². The number of rotatable bonds is 2. The second-order valence-electron chi connectivity index (χ2n) is 6.77. The van der Waals surface area contributed by atoms with Gasteiger partial charge in [0.1, 0.15) is 11.5 Å². The summed E-state index contributed by atoms with van der Waals surface area (Å²) in [4.78, 5) is 4.81. The van der Waals surface area contributed by atoms with Crippen molar-refractivity contribution in [3.05, 3.63) is 57.6 Å². The Balaban J connectivity index is 1.68. The molecule has 0 bridgehead atoms. The van der Waals surface area contributed by atoms with Gasteiger partial charge in [-0.2, -0.15) is 0 Å². The third kappa shape index (κ3) is 3.56. The van der Waals surface area contributed by atoms with Crippen molar-refractivity contribution in [1.29, 1.82) is 0 Å². The van der Waals surface area contributed by atoms with E-state index in [1.165, 1.54) is 0 Å². The molecule has 3 nitrogen and oxygen atoms in total. The van der Waals surface area contributed by atoms with Crippen LogP contribution in [0.25, 0.3) is 0 Å². The second kappa shape index (κ2) is 7.50. The zero-order valence-corrected chi connectivity index (χ0v) is 15.9. The zero-order valence-electron chi connectivity index (χ0n) is 14.4. The minimum Gasteiger partial charge on any atom is -0.457 e. The van der Waals surface area contributed by atoms with Crippen LogP contribution in [0, 0.1) is 12.3 Å². The fourth-order valence-electron chi connectivity index (χ4n) is 3.80. The fraction of sp³-hybridized carbons (Fsp3) is 0.333. The molecule has 2 heterocycles. The van der Waals surface area contributed by atoms with Crippen molar-refractivity contribution in [2.75, 3.05) is 32.7 Å². The molecular weight excluding hydrogens is 367 g/mol. The number of ether oxygens (including phenoxy) is 1. The predicted octanol–water partition coefficient (Wildman–Crippen LogP) is 4.63. The highest BCUT2D eigenvalue weighted by Gasteiger charge is 2.30. The van der Waals surface area contributed by atoms with Crippen LogP contribution in [0.4, 0.5) is 0 Å². The van der Waals surface area contributed by atoms with Gasteiger partial charge in [0.25, 0.3) is 0 Å². The molecule has 0 radical (unpaired) electrons. The third-order valence-electron chi connectivity index (χ3n) is 5.15. The molecule has 0 amide bonds. The summed E-state index contributed by atoms with van der Waals surface area (Å²) in [5.41, 5.74) is 2.26. The first-order valence-corrected chi connectivity index (χ1v) is 9.55. The van der Waals surface area contributed by atoms with E-state index in [-0.39, 0.29) is 6.04 Å². The van der Waals surface area contributed by atoms with Gasteiger partial charge in [-0.3, -0.25) is 9.80 Å². The summed E-state index contributed by atoms with van der Waals surface area (Å²) in [6, 6.07) is 11.9. The SMILES string of the molecule is C#CCN1CCN(C2Cc3cc(Cl)ccc3Oc3ccc(Cl)cc32)CC1. The number of piperazine rings is 1. The summed E-state index contributed by atoms with van der Waals surface area (Å²) in [7, 11) is 0. The Kier molecular flexibility index (Phi) is 5.11. The summed E-state index contributed by atoms with van der Waals surface area (Å²) in [6.45, 7) is 4.59. The van der Waals surface area contributed by atoms with E-state index in [1.807, 2.05) is 36.4 Å². The van der Waals surface area contributed by atoms with Crippen LogP contribution >= 0.6 is 23.2 Å². The molecule has 4 rings (SSSR count). The molecule has 26 heavy (non-hydrogen) atoms. The van der Waals surface area contributed by atoms with Gasteiger partial charge in [0.15, 0.2) is 0 Å². The number of fused-ring (bicyclic) bond motifs is 2. The lowest BCUT2D eigenvalue weighted by Gasteiger charge is -2.38. The highest BCUT2D eigenvalue weighted by atomic mass is 35.5. The summed E-state index contributed by atoms with van der Waals surface area (Å²) < 4.78 is 6.21. The van der Waals surface area contributed by atoms with Crippen LogP contribution in [-0.4, -0.2) is 42.5 Å². The van der Waals surface area contributed by atoms with E-state index in [0.717, 1.165) is 65.3 Å². The molecule has 2 aliphatic rings. The van der Waals surface area contributed by atoms with E-state index in [9.17, 15) is 0 Å². The monoisotopic (exact) mass is 386 g/mol. The molecule has 1 unspecified atom stereocenters. The van der Waals surface area contributed by atoms with Gasteiger partial charge >= 0.3 is 0 Å². The van der Waals surface area contributed by atoms with Crippen molar-refractivity contribution in [1.82, 2.24) is 9.80 Å². The number of hydrogen-bond donors (Lipinski definition) is 0. The van der Waals surface area contributed by atoms with Crippen molar-refractivity contribution in [2.24, 2.45) is 0 Å². The van der Waals surface area contributed by atoms with Gasteiger partial charge in [-0.1, -0.05) is 29.1 Å². The van der Waals surface area contributed by atoms with Crippen LogP contribution < -0.4 is 4.74 Å². The average molecular weight is 387 g/mol. The summed E-state index contributed by atoms with van der Waals surface area (Å²) in [5.74, 6) is 4.47. The first kappa shape index (κ1) is 17.7. The van der Waals surface area contributed by atoms with Crippen molar-refractivity contribution < 1.29 is 4.74 Å². The standard InChI is InChI=1S/C21H20Cl2N2O/c1-2-7-24-8-10-25(11-9-24)19-13-15-12-16(22)3-5-20(15)26-21-6-4-17(23)14-18(19)21/h1,3-6,12,14,19H,7-11,13H2. The molecule has 134 valence electrons. The molecule has 2 aromatic carbocycles. The van der Waals surface area contributed by atoms with E-state index in [2.05, 4.69) is 15.7 Å². The average Bonchev–Trinajstić information content (AvgIpc) is 2.79. The molecule has 1 fully saturated rings. The van der Waals surface area contributed by atoms with Gasteiger partial charge in [-0.25, -0.2) is 0 Å². The molecule has 1 saturated heterocycles. The zero-order chi connectivity index (χ0) is 18.1. The smallest absolute Gasteiger partial charge is 0.132 e. The molecular formula is C21H20Cl2N2O. The van der Waals surface area contributed by atoms with Crippen molar-refractivity contribution in [3.63, 3.8) is 0 Å². The topological polar surface area (TPSA) is 15.7 Å². The highest BCUT2D eigenvalue weighted by molar-refractivity contribution is 6.31. The maximum absolute atomic E-state index is 6.31. The highest BCUT2D eigenvalue weighted by Crippen LogP contribution is 2.42. The van der Waals surface area contributed by atoms with Crippen LogP contribution in [-0.2, 0) is 6.42 Å². The maximum atomic E-state index is 6.31. The quantitative estimate of drug-likeness (QED) is 0.699. The summed E-state index contributed by atoms with van der Waals surface area (Å²) in [5, 5.41) is 1.46. The number of halogens is 2. The van der Waals surface area contributed by atoms with Gasteiger partial charge in [0, 0.05) is 47.8 Å². The van der Waals surface area contributed by atoms with Crippen LogP contribution in [0.15, 0.2) is 36.4 Å². The van der Waals surface area contributed by atoms with Crippen LogP contribution in [0.3, 0.4) is 0 Å². The largest absolute Gasteiger partial charge is 0.457 e. The molecule has 2 aliphatic heterocycles. The minimum absolute atomic E-state index is 0.205. The van der Waals surface area contributed by atoms with Crippen molar-refractivity contribution in [2.45, 2.75) is 12.5 Å². The first-order valence-electron chi connectivity index (χ1n) is 8.79. The lowest BCUT2D eigenvalue weighted by atomic mass is 9.96. The van der Waals surface area contributed by atoms with Crippen LogP contribution in [0.5, 0.6) is 11.5 Å². The van der Waals surface area contributed by atoms with Gasteiger partial charge in [-0.15, -0.1) is 6.42 Å². The molecule has 0 N–H and O–H groups in total. The van der Waals surface area contributed by atoms with Crippen molar-refractivity contribution in [3.8, 4) is 23.8 Å². The Bertz CT molecular complexity index is 854. The number of terminal acetylenes is 1. The van der Waals surface area contributed by atoms with Crippen LogP contribution in [0.2, 0.25) is 10.0 Å². The normalized spacial score (nSPS) is 20.4. The number of nitrogens with zero attached hydrogens (tertiary/aromatic N) is 2. The Labute approximate surface area is 164 Å². The molecule has 2 aromatic rings. The van der Waals surface area contributed by atoms with Gasteiger partial charge in [0.2, 0.25) is 0 Å². The first-order chi connectivity index (χ1) is 12.6. The van der Waals surface area contributed by atoms with Crippen LogP contribution in [0.1, 0.15) is 17.2 Å². The third-order valence-corrected chi connectivity index (χ3v) is 5.62. The Hall–Kier alpha value is -1.70. The van der Waals surface area contributed by atoms with E-state index >= 15 is 0 Å². The lowest BCUT2D eigenvalue weighted by molar-refractivity contribution is 0.104. The van der Waals surface area contributed by atoms with E-state index < -0.39 is 0 Å².